The van der Waals surface area contributed by atoms with Crippen LogP contribution in [0.15, 0.2) is 125 Å². The van der Waals surface area contributed by atoms with Crippen LogP contribution in [0.5, 0.6) is 0 Å². The van der Waals surface area contributed by atoms with Gasteiger partial charge in [0, 0.05) is 0 Å². The maximum atomic E-state index is 6.93. The van der Waals surface area contributed by atoms with E-state index < -0.39 is 21.3 Å². The van der Waals surface area contributed by atoms with Crippen LogP contribution in [-0.4, -0.2) is 3.21 Å². The van der Waals surface area contributed by atoms with Crippen molar-refractivity contribution in [2.24, 2.45) is 0 Å². The number of halogens is 4. The van der Waals surface area contributed by atoms with E-state index in [4.69, 9.17) is 23.2 Å². The number of hydrogen-bond acceptors (Lipinski definition) is 0. The topological polar surface area (TPSA) is 0 Å². The fraction of sp³-hybridized carbons (Fsp3) is 0.213. The number of allylic oxidation sites excluding steroid dienone is 4. The summed E-state index contributed by atoms with van der Waals surface area (Å²) in [6, 6.07) is 38.6. The molecule has 2 aliphatic carbocycles. The Labute approximate surface area is 338 Å². The van der Waals surface area contributed by atoms with E-state index in [9.17, 15) is 0 Å². The summed E-state index contributed by atoms with van der Waals surface area (Å²) >= 11 is 10.8. The first kappa shape index (κ1) is 38.9. The zero-order valence-corrected chi connectivity index (χ0v) is 36.1. The number of hydrogen-bond donors (Lipinski definition) is 0. The van der Waals surface area contributed by atoms with Gasteiger partial charge >= 0.3 is 317 Å². The molecule has 0 heterocycles. The van der Waals surface area contributed by atoms with Crippen molar-refractivity contribution in [3.63, 3.8) is 0 Å². The van der Waals surface area contributed by atoms with Crippen LogP contribution in [0.25, 0.3) is 32.7 Å². The van der Waals surface area contributed by atoms with E-state index in [1.807, 2.05) is 0 Å². The van der Waals surface area contributed by atoms with Crippen LogP contribution in [0.3, 0.4) is 0 Å². The Bertz CT molecular complexity index is 2380. The first-order valence-electron chi connectivity index (χ1n) is 17.7. The van der Waals surface area contributed by atoms with Gasteiger partial charge in [-0.25, -0.2) is 0 Å². The summed E-state index contributed by atoms with van der Waals surface area (Å²) < 4.78 is 4.68. The van der Waals surface area contributed by atoms with Crippen LogP contribution in [0.1, 0.15) is 81.3 Å². The third kappa shape index (κ3) is 6.87. The Hall–Kier alpha value is -2.77. The molecule has 0 spiro atoms. The normalized spacial score (nSPS) is 13.3. The fourth-order valence-electron chi connectivity index (χ4n) is 7.87. The quantitative estimate of drug-likeness (QED) is 0.166. The molecule has 0 bridgehead atoms. The second-order valence-electron chi connectivity index (χ2n) is 16.0. The van der Waals surface area contributed by atoms with Gasteiger partial charge in [0.15, 0.2) is 0 Å². The molecule has 0 saturated carbocycles. The van der Waals surface area contributed by atoms with Gasteiger partial charge in [-0.15, -0.1) is 24.8 Å². The molecule has 0 aliphatic heterocycles. The Morgan fingerprint density at radius 3 is 1.65 bits per heavy atom. The van der Waals surface area contributed by atoms with Gasteiger partial charge in [-0.2, -0.15) is 0 Å². The first-order chi connectivity index (χ1) is 23.9. The molecule has 6 aromatic carbocycles. The molecule has 0 fully saturated rings. The molecule has 0 amide bonds. The minimum absolute atomic E-state index is 0. The van der Waals surface area contributed by atoms with Gasteiger partial charge in [-0.1, -0.05) is 0 Å². The van der Waals surface area contributed by atoms with Crippen molar-refractivity contribution in [2.75, 3.05) is 0 Å². The molecular weight excluding hydrogens is 798 g/mol. The predicted octanol–water partition coefficient (Wildman–Crippen LogP) is 13.7. The van der Waals surface area contributed by atoms with Crippen molar-refractivity contribution >= 4 is 76.0 Å². The zero-order valence-electron chi connectivity index (χ0n) is 30.5. The molecule has 264 valence electrons. The molecule has 0 nitrogen and oxygen atoms in total. The van der Waals surface area contributed by atoms with Gasteiger partial charge in [0.25, 0.3) is 0 Å². The Morgan fingerprint density at radius 1 is 0.596 bits per heavy atom. The summed E-state index contributed by atoms with van der Waals surface area (Å²) in [5.41, 5.74) is 11.3. The fourth-order valence-corrected chi connectivity index (χ4v) is 16.5. The number of benzene rings is 6. The molecule has 0 radical (unpaired) electrons. The van der Waals surface area contributed by atoms with Gasteiger partial charge < -0.3 is 0 Å². The van der Waals surface area contributed by atoms with Crippen LogP contribution in [-0.2, 0) is 38.5 Å². The van der Waals surface area contributed by atoms with E-state index in [0.29, 0.717) is 0 Å². The standard InChI is InChI=1S/C21H12Cl2.C21H25.C5H5.2ClH.Zr/c22-20-11-9-14(16-5-1-3-7-18(16)20)13-15-10-12-21(23)19-8-4-2-6-17(15)19;1-20(2,3)16-9-7-14-11-15-8-10-17(21(4,5)6)13-19(15)18(14)12-16;1-2-4-5-3-1;;;/h1-12H;7,9-10,12-13H,11H2,1-6H3;1-3H,4H2;2*1H;. The molecule has 0 unspecified atom stereocenters. The molecule has 0 saturated heterocycles. The number of fused-ring (bicyclic) bond motifs is 5. The second kappa shape index (κ2) is 14.8. The molecule has 52 heavy (non-hydrogen) atoms. The van der Waals surface area contributed by atoms with Crippen molar-refractivity contribution in [2.45, 2.75) is 65.2 Å². The molecule has 5 heteroatoms. The minimum atomic E-state index is -3.04. The van der Waals surface area contributed by atoms with E-state index in [0.717, 1.165) is 33.7 Å². The zero-order chi connectivity index (χ0) is 34.9. The monoisotopic (exact) mass is 838 g/mol. The average Bonchev–Trinajstić information content (AvgIpc) is 3.76. The molecule has 0 aromatic heterocycles. The van der Waals surface area contributed by atoms with Crippen molar-refractivity contribution in [3.8, 4) is 11.1 Å². The molecule has 8 rings (SSSR count). The second-order valence-corrected chi connectivity index (χ2v) is 22.7. The summed E-state index contributed by atoms with van der Waals surface area (Å²) in [7, 11) is 0. The van der Waals surface area contributed by atoms with E-state index in [1.54, 1.807) is 6.55 Å². The molecular formula is C47H44Cl4Zr. The summed E-state index contributed by atoms with van der Waals surface area (Å²) in [6.45, 7) is 14.1. The maximum Gasteiger partial charge on any atom is -0.147 e. The summed E-state index contributed by atoms with van der Waals surface area (Å²) in [4.78, 5) is 0. The molecule has 2 aliphatic rings. The molecule has 0 N–H and O–H groups in total. The average molecular weight is 842 g/mol. The third-order valence-electron chi connectivity index (χ3n) is 10.6. The molecule has 0 atom stereocenters. The van der Waals surface area contributed by atoms with E-state index in [-0.39, 0.29) is 35.6 Å². The smallest absolute Gasteiger partial charge is 0.147 e. The van der Waals surface area contributed by atoms with Gasteiger partial charge in [0.05, 0.1) is 0 Å². The van der Waals surface area contributed by atoms with Crippen molar-refractivity contribution in [1.82, 2.24) is 0 Å². The van der Waals surface area contributed by atoms with Crippen LogP contribution in [0.4, 0.5) is 0 Å². The SMILES string of the molecule is CC(C)(C)c1ccc2c(c1)-c1cc(C(C)(C)C)c[c]([Zr]([C]3=CC=CC3)=[C](c3ccc(Cl)c4ccccc34)c3ccc(Cl)c4ccccc34)c1C2.Cl.Cl. The van der Waals surface area contributed by atoms with Crippen molar-refractivity contribution in [3.05, 3.63) is 168 Å². The Balaban J connectivity index is 0.00000232. The van der Waals surface area contributed by atoms with E-state index in [1.165, 1.54) is 58.5 Å². The third-order valence-corrected chi connectivity index (χ3v) is 18.8. The van der Waals surface area contributed by atoms with Gasteiger partial charge in [0.1, 0.15) is 0 Å². The molecule has 6 aromatic rings. The van der Waals surface area contributed by atoms with Crippen molar-refractivity contribution < 1.29 is 21.3 Å². The minimum Gasteiger partial charge on any atom is -0.147 e. The van der Waals surface area contributed by atoms with Gasteiger partial charge in [-0.05, 0) is 0 Å². The van der Waals surface area contributed by atoms with Crippen LogP contribution in [0, 0.1) is 0 Å². The maximum absolute atomic E-state index is 6.93. The predicted molar refractivity (Wildman–Crippen MR) is 229 cm³/mol. The van der Waals surface area contributed by atoms with E-state index >= 15 is 0 Å². The Morgan fingerprint density at radius 2 is 1.13 bits per heavy atom. The Kier molecular flexibility index (Phi) is 11.1. The van der Waals surface area contributed by atoms with E-state index in [2.05, 4.69) is 163 Å². The summed E-state index contributed by atoms with van der Waals surface area (Å²) in [6.07, 6.45) is 9.04. The van der Waals surface area contributed by atoms with Gasteiger partial charge in [0.2, 0.25) is 0 Å². The van der Waals surface area contributed by atoms with Crippen LogP contribution < -0.4 is 3.27 Å². The number of rotatable bonds is 4. The van der Waals surface area contributed by atoms with Crippen LogP contribution in [0.2, 0.25) is 10.0 Å². The van der Waals surface area contributed by atoms with Crippen LogP contribution >= 0.6 is 48.0 Å². The van der Waals surface area contributed by atoms with Crippen molar-refractivity contribution in [1.29, 1.82) is 0 Å². The largest absolute Gasteiger partial charge is 0.147 e. The van der Waals surface area contributed by atoms with Gasteiger partial charge in [-0.3, -0.25) is 0 Å². The first-order valence-corrected chi connectivity index (χ1v) is 22.1. The summed E-state index contributed by atoms with van der Waals surface area (Å²) in [5.74, 6) is 0. The summed E-state index contributed by atoms with van der Waals surface area (Å²) in [5, 5.41) is 6.19.